The average molecular weight is 327 g/mol. The molecule has 1 aromatic carbocycles. The van der Waals surface area contributed by atoms with Gasteiger partial charge in [0, 0.05) is 36.8 Å². The number of aromatic nitrogens is 1. The maximum atomic E-state index is 12.2. The molecule has 0 radical (unpaired) electrons. The van der Waals surface area contributed by atoms with Crippen LogP contribution in [-0.2, 0) is 22.4 Å². The summed E-state index contributed by atoms with van der Waals surface area (Å²) < 4.78 is 5.11. The lowest BCUT2D eigenvalue weighted by molar-refractivity contribution is -0.117. The van der Waals surface area contributed by atoms with E-state index in [0.717, 1.165) is 40.4 Å². The molecule has 2 aromatic rings. The quantitative estimate of drug-likeness (QED) is 0.937. The number of hydrogen-bond acceptors (Lipinski definition) is 4. The molecule has 1 aromatic heterocycles. The molecule has 0 spiro atoms. The molecule has 2 amide bonds. The minimum absolute atomic E-state index is 0.0450. The maximum Gasteiger partial charge on any atom is 0.224 e. The number of anilines is 2. The van der Waals surface area contributed by atoms with Crippen molar-refractivity contribution in [3.8, 4) is 0 Å². The molecule has 126 valence electrons. The van der Waals surface area contributed by atoms with Gasteiger partial charge >= 0.3 is 0 Å². The average Bonchev–Trinajstić information content (AvgIpc) is 3.09. The van der Waals surface area contributed by atoms with Crippen molar-refractivity contribution in [1.82, 2.24) is 5.16 Å². The van der Waals surface area contributed by atoms with Crippen molar-refractivity contribution >= 4 is 23.2 Å². The highest BCUT2D eigenvalue weighted by atomic mass is 16.5. The molecule has 6 heteroatoms. The van der Waals surface area contributed by atoms with Gasteiger partial charge in [0.15, 0.2) is 0 Å². The van der Waals surface area contributed by atoms with Gasteiger partial charge in [0.2, 0.25) is 11.8 Å². The van der Waals surface area contributed by atoms with Crippen molar-refractivity contribution in [1.29, 1.82) is 0 Å². The Morgan fingerprint density at radius 2 is 2.12 bits per heavy atom. The van der Waals surface area contributed by atoms with Gasteiger partial charge in [0.25, 0.3) is 0 Å². The number of nitrogens with zero attached hydrogens (tertiary/aromatic N) is 2. The number of amides is 2. The second-order valence-corrected chi connectivity index (χ2v) is 6.12. The number of rotatable bonds is 4. The number of fused-ring (bicyclic) bond motifs is 1. The molecule has 0 aliphatic carbocycles. The first kappa shape index (κ1) is 16.2. The highest BCUT2D eigenvalue weighted by Gasteiger charge is 2.22. The number of nitrogens with one attached hydrogen (secondary N) is 1. The summed E-state index contributed by atoms with van der Waals surface area (Å²) in [5.74, 6) is 0.767. The molecule has 1 aliphatic heterocycles. The highest BCUT2D eigenvalue weighted by molar-refractivity contribution is 5.95. The number of benzene rings is 1. The van der Waals surface area contributed by atoms with E-state index in [1.165, 1.54) is 0 Å². The van der Waals surface area contributed by atoms with Crippen LogP contribution in [0, 0.1) is 13.8 Å². The van der Waals surface area contributed by atoms with Gasteiger partial charge in [0.1, 0.15) is 5.76 Å². The molecular weight excluding hydrogens is 306 g/mol. The molecule has 0 saturated heterocycles. The van der Waals surface area contributed by atoms with Crippen molar-refractivity contribution in [3.63, 3.8) is 0 Å². The molecule has 2 heterocycles. The highest BCUT2D eigenvalue weighted by Crippen LogP contribution is 2.30. The lowest BCUT2D eigenvalue weighted by Crippen LogP contribution is -2.25. The van der Waals surface area contributed by atoms with E-state index < -0.39 is 0 Å². The van der Waals surface area contributed by atoms with E-state index in [0.29, 0.717) is 19.4 Å². The Kier molecular flexibility index (Phi) is 4.38. The Bertz CT molecular complexity index is 775. The van der Waals surface area contributed by atoms with Gasteiger partial charge in [-0.3, -0.25) is 9.59 Å². The third-order valence-corrected chi connectivity index (χ3v) is 4.42. The molecule has 1 aliphatic rings. The van der Waals surface area contributed by atoms with Crippen molar-refractivity contribution in [2.75, 3.05) is 16.8 Å². The van der Waals surface area contributed by atoms with E-state index in [2.05, 4.69) is 10.5 Å². The molecule has 6 nitrogen and oxygen atoms in total. The Morgan fingerprint density at radius 1 is 1.33 bits per heavy atom. The molecule has 1 N–H and O–H groups in total. The van der Waals surface area contributed by atoms with Crippen LogP contribution in [0.4, 0.5) is 11.4 Å². The first-order valence-corrected chi connectivity index (χ1v) is 8.08. The molecule has 3 rings (SSSR count). The van der Waals surface area contributed by atoms with Gasteiger partial charge in [-0.05, 0) is 50.5 Å². The third kappa shape index (κ3) is 3.18. The molecule has 0 unspecified atom stereocenters. The predicted octanol–water partition coefficient (Wildman–Crippen LogP) is 2.77. The van der Waals surface area contributed by atoms with Gasteiger partial charge in [-0.15, -0.1) is 0 Å². The SMILES string of the molecule is CC(=O)N1CCc2cc(NC(=O)CCc3c(C)noc3C)ccc21. The summed E-state index contributed by atoms with van der Waals surface area (Å²) in [5, 5.41) is 6.82. The van der Waals surface area contributed by atoms with Gasteiger partial charge in [0.05, 0.1) is 5.69 Å². The summed E-state index contributed by atoms with van der Waals surface area (Å²) in [6.45, 7) is 6.01. The third-order valence-electron chi connectivity index (χ3n) is 4.42. The normalized spacial score (nSPS) is 13.0. The van der Waals surface area contributed by atoms with Crippen molar-refractivity contribution in [2.45, 2.75) is 40.0 Å². The van der Waals surface area contributed by atoms with Crippen LogP contribution in [0.15, 0.2) is 22.7 Å². The number of carbonyl (C=O) groups excluding carboxylic acids is 2. The fourth-order valence-electron chi connectivity index (χ4n) is 3.13. The second kappa shape index (κ2) is 6.47. The lowest BCUT2D eigenvalue weighted by atomic mass is 10.1. The minimum atomic E-state index is -0.0450. The van der Waals surface area contributed by atoms with E-state index in [1.54, 1.807) is 11.8 Å². The number of carbonyl (C=O) groups is 2. The Morgan fingerprint density at radius 3 is 2.79 bits per heavy atom. The standard InChI is InChI=1S/C18H21N3O3/c1-11-16(12(2)24-20-11)5-7-18(23)19-15-4-6-17-14(10-15)8-9-21(17)13(3)22/h4,6,10H,5,7-9H2,1-3H3,(H,19,23). The van der Waals surface area contributed by atoms with E-state index in [1.807, 2.05) is 32.0 Å². The van der Waals surface area contributed by atoms with Crippen LogP contribution in [0.1, 0.15) is 35.9 Å². The Hall–Kier alpha value is -2.63. The molecular formula is C18H21N3O3. The van der Waals surface area contributed by atoms with Crippen LogP contribution < -0.4 is 10.2 Å². The summed E-state index contributed by atoms with van der Waals surface area (Å²) in [6, 6.07) is 5.69. The van der Waals surface area contributed by atoms with Gasteiger partial charge < -0.3 is 14.7 Å². The maximum absolute atomic E-state index is 12.2. The van der Waals surface area contributed by atoms with E-state index in [9.17, 15) is 9.59 Å². The van der Waals surface area contributed by atoms with E-state index in [4.69, 9.17) is 4.52 Å². The van der Waals surface area contributed by atoms with Crippen molar-refractivity contribution < 1.29 is 14.1 Å². The molecule has 0 bridgehead atoms. The smallest absolute Gasteiger partial charge is 0.224 e. The zero-order valence-electron chi connectivity index (χ0n) is 14.2. The minimum Gasteiger partial charge on any atom is -0.361 e. The summed E-state index contributed by atoms with van der Waals surface area (Å²) in [5.41, 5.74) is 4.63. The van der Waals surface area contributed by atoms with Crippen LogP contribution in [0.2, 0.25) is 0 Å². The summed E-state index contributed by atoms with van der Waals surface area (Å²) in [7, 11) is 0. The summed E-state index contributed by atoms with van der Waals surface area (Å²) >= 11 is 0. The van der Waals surface area contributed by atoms with E-state index in [-0.39, 0.29) is 11.8 Å². The van der Waals surface area contributed by atoms with Crippen LogP contribution >= 0.6 is 0 Å². The predicted molar refractivity (Wildman–Crippen MR) is 91.1 cm³/mol. The summed E-state index contributed by atoms with van der Waals surface area (Å²) in [6.07, 6.45) is 1.80. The van der Waals surface area contributed by atoms with Gasteiger partial charge in [-0.2, -0.15) is 0 Å². The first-order valence-electron chi connectivity index (χ1n) is 8.08. The van der Waals surface area contributed by atoms with Crippen LogP contribution in [0.5, 0.6) is 0 Å². The van der Waals surface area contributed by atoms with E-state index >= 15 is 0 Å². The molecule has 0 saturated carbocycles. The number of hydrogen-bond donors (Lipinski definition) is 1. The molecule has 0 atom stereocenters. The topological polar surface area (TPSA) is 75.4 Å². The second-order valence-electron chi connectivity index (χ2n) is 6.12. The summed E-state index contributed by atoms with van der Waals surface area (Å²) in [4.78, 5) is 25.5. The van der Waals surface area contributed by atoms with Gasteiger partial charge in [-0.25, -0.2) is 0 Å². The molecule has 0 fully saturated rings. The fraction of sp³-hybridized carbons (Fsp3) is 0.389. The van der Waals surface area contributed by atoms with Crippen LogP contribution in [0.3, 0.4) is 0 Å². The lowest BCUT2D eigenvalue weighted by Gasteiger charge is -2.15. The van der Waals surface area contributed by atoms with Crippen molar-refractivity contribution in [2.24, 2.45) is 0 Å². The largest absolute Gasteiger partial charge is 0.361 e. The number of aryl methyl sites for hydroxylation is 2. The van der Waals surface area contributed by atoms with Crippen LogP contribution in [-0.4, -0.2) is 23.5 Å². The zero-order valence-corrected chi connectivity index (χ0v) is 14.2. The van der Waals surface area contributed by atoms with Gasteiger partial charge in [-0.1, -0.05) is 5.16 Å². The van der Waals surface area contributed by atoms with Crippen molar-refractivity contribution in [3.05, 3.63) is 40.8 Å². The molecule has 24 heavy (non-hydrogen) atoms. The Balaban J connectivity index is 1.62. The zero-order chi connectivity index (χ0) is 17.3. The Labute approximate surface area is 140 Å². The fourth-order valence-corrected chi connectivity index (χ4v) is 3.13. The van der Waals surface area contributed by atoms with Crippen LogP contribution in [0.25, 0.3) is 0 Å². The first-order chi connectivity index (χ1) is 11.5. The monoisotopic (exact) mass is 327 g/mol.